The zero-order valence-corrected chi connectivity index (χ0v) is 4.37. The van der Waals surface area contributed by atoms with Gasteiger partial charge in [-0.25, -0.2) is 4.79 Å². The van der Waals surface area contributed by atoms with Gasteiger partial charge in [0.15, 0.2) is 6.29 Å². The lowest BCUT2D eigenvalue weighted by molar-refractivity contribution is -0.102. The summed E-state index contributed by atoms with van der Waals surface area (Å²) >= 11 is 0. The molecule has 0 aromatic carbocycles. The van der Waals surface area contributed by atoms with Crippen molar-refractivity contribution < 1.29 is 9.59 Å². The predicted molar refractivity (Wildman–Crippen MR) is 31.2 cm³/mol. The quantitative estimate of drug-likeness (QED) is 0.344. The van der Waals surface area contributed by atoms with E-state index in [9.17, 15) is 9.59 Å². The van der Waals surface area contributed by atoms with Gasteiger partial charge < -0.3 is 0 Å². The molecule has 0 aromatic heterocycles. The van der Waals surface area contributed by atoms with E-state index >= 15 is 0 Å². The van der Waals surface area contributed by atoms with E-state index in [-0.39, 0.29) is 11.3 Å². The van der Waals surface area contributed by atoms with Gasteiger partial charge in [-0.3, -0.25) is 4.79 Å². The first-order chi connectivity index (χ1) is 4.38. The molecule has 0 aliphatic carbocycles. The van der Waals surface area contributed by atoms with Crippen molar-refractivity contribution in [1.82, 2.24) is 0 Å². The lowest BCUT2D eigenvalue weighted by atomic mass is 10.2. The molecule has 0 radical (unpaired) electrons. The fraction of sp³-hybridized carbons (Fsp3) is 0. The minimum atomic E-state index is 0.0463. The van der Waals surface area contributed by atoms with Crippen LogP contribution in [-0.4, -0.2) is 24.2 Å². The van der Waals surface area contributed by atoms with Crippen molar-refractivity contribution in [2.75, 3.05) is 0 Å². The fourth-order valence-corrected chi connectivity index (χ4v) is 0.434. The number of allylic oxidation sites excluding steroid dienone is 1. The average molecular weight is 122 g/mol. The Balaban J connectivity index is 3.04. The highest BCUT2D eigenvalue weighted by Gasteiger charge is 2.08. The summed E-state index contributed by atoms with van der Waals surface area (Å²) in [6.07, 6.45) is 1.66. The number of carbonyl (C=O) groups excluding carboxylic acids is 2. The van der Waals surface area contributed by atoms with E-state index in [4.69, 9.17) is 0 Å². The van der Waals surface area contributed by atoms with Gasteiger partial charge in [-0.05, 0) is 0 Å². The lowest BCUT2D eigenvalue weighted by Crippen LogP contribution is -2.00. The molecule has 0 N–H and O–H groups in total. The third-order valence-electron chi connectivity index (χ3n) is 0.850. The molecule has 0 fully saturated rings. The van der Waals surface area contributed by atoms with Crippen LogP contribution >= 0.6 is 0 Å². The Kier molecular flexibility index (Phi) is 1.34. The Morgan fingerprint density at radius 3 is 2.89 bits per heavy atom. The maximum absolute atomic E-state index is 9.97. The molecule has 0 bridgehead atoms. The predicted octanol–water partition coefficient (Wildman–Crippen LogP) is -0.616. The van der Waals surface area contributed by atoms with Gasteiger partial charge in [-0.2, -0.15) is 5.10 Å². The molecule has 1 rings (SSSR count). The summed E-state index contributed by atoms with van der Waals surface area (Å²) in [5, 5.41) is 6.64. The van der Waals surface area contributed by atoms with Crippen molar-refractivity contribution in [3.63, 3.8) is 0 Å². The second-order valence-electron chi connectivity index (χ2n) is 1.36. The number of aldehydes is 1. The summed E-state index contributed by atoms with van der Waals surface area (Å²) in [7, 11) is 0. The zero-order valence-electron chi connectivity index (χ0n) is 4.37. The number of nitrogens with zero attached hydrogens (tertiary/aromatic N) is 2. The molecule has 0 atom stereocenters. The van der Waals surface area contributed by atoms with E-state index in [1.54, 1.807) is 0 Å². The molecule has 0 spiro atoms. The van der Waals surface area contributed by atoms with Crippen LogP contribution in [0.2, 0.25) is 0 Å². The van der Waals surface area contributed by atoms with Gasteiger partial charge in [0, 0.05) is 0 Å². The molecule has 0 amide bonds. The minimum absolute atomic E-state index is 0.0463. The molecular weight excluding hydrogens is 120 g/mol. The Hall–Kier alpha value is -1.54. The van der Waals surface area contributed by atoms with Gasteiger partial charge in [-0.1, -0.05) is 0 Å². The molecular formula is C5H2N2O2. The van der Waals surface area contributed by atoms with E-state index in [0.717, 1.165) is 0 Å². The van der Waals surface area contributed by atoms with Crippen LogP contribution in [0.25, 0.3) is 0 Å². The Morgan fingerprint density at radius 1 is 1.67 bits per heavy atom. The summed E-state index contributed by atoms with van der Waals surface area (Å²) in [5.74, 6) is 1.52. The normalized spacial score (nSPS) is 15.1. The molecule has 1 aliphatic rings. The van der Waals surface area contributed by atoms with Crippen LogP contribution in [0.15, 0.2) is 15.8 Å². The molecule has 1 aliphatic heterocycles. The van der Waals surface area contributed by atoms with E-state index in [1.807, 2.05) is 0 Å². The second-order valence-corrected chi connectivity index (χ2v) is 1.36. The van der Waals surface area contributed by atoms with Crippen LogP contribution in [0.5, 0.6) is 0 Å². The Morgan fingerprint density at radius 2 is 2.44 bits per heavy atom. The maximum Gasteiger partial charge on any atom is 0.171 e. The maximum atomic E-state index is 9.97. The van der Waals surface area contributed by atoms with Crippen LogP contribution in [0.3, 0.4) is 0 Å². The van der Waals surface area contributed by atoms with Crippen molar-refractivity contribution in [2.24, 2.45) is 10.2 Å². The fourth-order valence-electron chi connectivity index (χ4n) is 0.434. The first kappa shape index (κ1) is 5.59. The standard InChI is InChI=1S/C5H2N2O2/c8-2-4-1-6-7-5(4)3-9/h1,3H. The number of hydrogen-bond donors (Lipinski definition) is 0. The van der Waals surface area contributed by atoms with Crippen molar-refractivity contribution in [3.8, 4) is 0 Å². The SMILES string of the molecule is O=C=C1C=NN=C1C=O. The molecule has 4 nitrogen and oxygen atoms in total. The first-order valence-electron chi connectivity index (χ1n) is 2.20. The molecule has 0 aromatic rings. The minimum Gasteiger partial charge on any atom is -0.296 e. The molecule has 0 saturated heterocycles. The number of rotatable bonds is 1. The van der Waals surface area contributed by atoms with Gasteiger partial charge in [0.1, 0.15) is 17.2 Å². The third kappa shape index (κ3) is 0.828. The molecule has 44 valence electrons. The van der Waals surface area contributed by atoms with Crippen LogP contribution in [-0.2, 0) is 9.59 Å². The summed E-state index contributed by atoms with van der Waals surface area (Å²) in [5.41, 5.74) is 0.162. The summed E-state index contributed by atoms with van der Waals surface area (Å²) < 4.78 is 0. The first-order valence-corrected chi connectivity index (χ1v) is 2.20. The van der Waals surface area contributed by atoms with Gasteiger partial charge in [0.05, 0.1) is 6.21 Å². The zero-order chi connectivity index (χ0) is 6.69. The van der Waals surface area contributed by atoms with Crippen molar-refractivity contribution in [1.29, 1.82) is 0 Å². The van der Waals surface area contributed by atoms with Crippen LogP contribution in [0, 0.1) is 0 Å². The van der Waals surface area contributed by atoms with Gasteiger partial charge in [-0.15, -0.1) is 5.10 Å². The second kappa shape index (κ2) is 2.15. The van der Waals surface area contributed by atoms with E-state index in [0.29, 0.717) is 6.29 Å². The smallest absolute Gasteiger partial charge is 0.171 e. The van der Waals surface area contributed by atoms with Crippen LogP contribution in [0.1, 0.15) is 0 Å². The highest BCUT2D eigenvalue weighted by molar-refractivity contribution is 6.45. The van der Waals surface area contributed by atoms with E-state index < -0.39 is 0 Å². The van der Waals surface area contributed by atoms with Crippen molar-refractivity contribution in [2.45, 2.75) is 0 Å². The van der Waals surface area contributed by atoms with Crippen molar-refractivity contribution in [3.05, 3.63) is 5.57 Å². The molecule has 1 heterocycles. The molecule has 4 heteroatoms. The molecule has 0 unspecified atom stereocenters. The van der Waals surface area contributed by atoms with E-state index in [1.165, 1.54) is 12.2 Å². The lowest BCUT2D eigenvalue weighted by Gasteiger charge is -1.77. The highest BCUT2D eigenvalue weighted by atomic mass is 16.1. The Labute approximate surface area is 50.6 Å². The van der Waals surface area contributed by atoms with Gasteiger partial charge >= 0.3 is 0 Å². The highest BCUT2D eigenvalue weighted by Crippen LogP contribution is 1.96. The van der Waals surface area contributed by atoms with Crippen LogP contribution < -0.4 is 0 Å². The summed E-state index contributed by atoms with van der Waals surface area (Å²) in [6.45, 7) is 0. The average Bonchev–Trinajstić information content (AvgIpc) is 2.33. The van der Waals surface area contributed by atoms with Gasteiger partial charge in [0.2, 0.25) is 0 Å². The van der Waals surface area contributed by atoms with Crippen molar-refractivity contribution >= 4 is 24.2 Å². The molecule has 9 heavy (non-hydrogen) atoms. The largest absolute Gasteiger partial charge is 0.296 e. The van der Waals surface area contributed by atoms with E-state index in [2.05, 4.69) is 10.2 Å². The topological polar surface area (TPSA) is 58.9 Å². The monoisotopic (exact) mass is 122 g/mol. The summed E-state index contributed by atoms with van der Waals surface area (Å²) in [4.78, 5) is 19.8. The van der Waals surface area contributed by atoms with Gasteiger partial charge in [0.25, 0.3) is 0 Å². The molecule has 0 saturated carbocycles. The third-order valence-corrected chi connectivity index (χ3v) is 0.850. The number of hydrogen-bond acceptors (Lipinski definition) is 4. The van der Waals surface area contributed by atoms with Crippen LogP contribution in [0.4, 0.5) is 0 Å². The Bertz CT molecular complexity index is 246. The number of carbonyl (C=O) groups is 1. The summed E-state index contributed by atoms with van der Waals surface area (Å²) in [6, 6.07) is 0.